The predicted molar refractivity (Wildman–Crippen MR) is 123 cm³/mol. The van der Waals surface area contributed by atoms with Crippen LogP contribution < -0.4 is 14.8 Å². The van der Waals surface area contributed by atoms with Gasteiger partial charge in [-0.2, -0.15) is 0 Å². The first-order chi connectivity index (χ1) is 15.3. The third kappa shape index (κ3) is 5.77. The highest BCUT2D eigenvalue weighted by molar-refractivity contribution is 7.99. The lowest BCUT2D eigenvalue weighted by Gasteiger charge is -2.07. The molecule has 0 saturated heterocycles. The molecule has 1 aromatic carbocycles. The molecule has 10 nitrogen and oxygen atoms in total. The van der Waals surface area contributed by atoms with E-state index in [0.29, 0.717) is 32.4 Å². The molecule has 0 aliphatic rings. The molecule has 0 unspecified atom stereocenters. The highest BCUT2D eigenvalue weighted by Gasteiger charge is 2.18. The van der Waals surface area contributed by atoms with Crippen molar-refractivity contribution < 1.29 is 19.1 Å². The average molecular weight is 477 g/mol. The third-order valence-corrected chi connectivity index (χ3v) is 6.41. The second-order valence-corrected chi connectivity index (χ2v) is 8.83. The summed E-state index contributed by atoms with van der Waals surface area (Å²) >= 11 is 2.41. The van der Waals surface area contributed by atoms with Crippen molar-refractivity contribution in [2.24, 2.45) is 7.05 Å². The van der Waals surface area contributed by atoms with Gasteiger partial charge in [0.15, 0.2) is 16.1 Å². The Morgan fingerprint density at radius 2 is 1.88 bits per heavy atom. The number of nitrogens with zero attached hydrogens (tertiary/aromatic N) is 5. The fourth-order valence-corrected chi connectivity index (χ4v) is 4.29. The minimum absolute atomic E-state index is 0.126. The Morgan fingerprint density at radius 3 is 2.53 bits per heavy atom. The summed E-state index contributed by atoms with van der Waals surface area (Å²) in [6.07, 6.45) is 0. The molecule has 1 N–H and O–H groups in total. The van der Waals surface area contributed by atoms with Gasteiger partial charge < -0.3 is 24.3 Å². The Morgan fingerprint density at radius 1 is 1.19 bits per heavy atom. The number of methoxy groups -OCH3 is 1. The number of rotatable bonds is 9. The van der Waals surface area contributed by atoms with E-state index in [9.17, 15) is 9.59 Å². The first kappa shape index (κ1) is 23.5. The van der Waals surface area contributed by atoms with Crippen molar-refractivity contribution in [1.82, 2.24) is 24.6 Å². The zero-order valence-electron chi connectivity index (χ0n) is 18.4. The van der Waals surface area contributed by atoms with Crippen molar-refractivity contribution in [2.45, 2.75) is 18.7 Å². The van der Waals surface area contributed by atoms with Crippen LogP contribution in [0.5, 0.6) is 11.5 Å². The molecule has 0 atom stereocenters. The van der Waals surface area contributed by atoms with Crippen LogP contribution in [0.3, 0.4) is 0 Å². The number of benzene rings is 1. The van der Waals surface area contributed by atoms with E-state index in [-0.39, 0.29) is 24.2 Å². The fraction of sp³-hybridized carbons (Fsp3) is 0.350. The first-order valence-electron chi connectivity index (χ1n) is 9.55. The molecule has 0 aliphatic heterocycles. The quantitative estimate of drug-likeness (QED) is 0.469. The van der Waals surface area contributed by atoms with Crippen LogP contribution in [0.25, 0.3) is 0 Å². The van der Waals surface area contributed by atoms with Crippen molar-refractivity contribution in [1.29, 1.82) is 0 Å². The summed E-state index contributed by atoms with van der Waals surface area (Å²) < 4.78 is 12.6. The fourth-order valence-electron chi connectivity index (χ4n) is 2.55. The van der Waals surface area contributed by atoms with E-state index in [1.165, 1.54) is 16.7 Å². The number of hydrogen-bond donors (Lipinski definition) is 1. The molecule has 0 fully saturated rings. The Kier molecular flexibility index (Phi) is 7.70. The molecule has 0 aliphatic carbocycles. The summed E-state index contributed by atoms with van der Waals surface area (Å²) in [5.74, 6) is 1.81. The normalized spacial score (nSPS) is 10.7. The number of aryl methyl sites for hydroxylation is 1. The van der Waals surface area contributed by atoms with Gasteiger partial charge in [-0.15, -0.1) is 10.2 Å². The van der Waals surface area contributed by atoms with E-state index in [0.717, 1.165) is 17.1 Å². The van der Waals surface area contributed by atoms with Crippen LogP contribution >= 0.6 is 23.1 Å². The van der Waals surface area contributed by atoms with Crippen LogP contribution in [0.4, 0.5) is 5.13 Å². The van der Waals surface area contributed by atoms with Crippen molar-refractivity contribution >= 4 is 40.0 Å². The number of thiazole rings is 1. The molecule has 0 radical (unpaired) electrons. The van der Waals surface area contributed by atoms with Gasteiger partial charge in [0.05, 0.1) is 18.6 Å². The maximum atomic E-state index is 12.3. The van der Waals surface area contributed by atoms with Crippen molar-refractivity contribution in [3.8, 4) is 11.5 Å². The number of hydrogen-bond acceptors (Lipinski definition) is 9. The number of amides is 2. The molecule has 2 heterocycles. The summed E-state index contributed by atoms with van der Waals surface area (Å²) in [6.45, 7) is 1.98. The van der Waals surface area contributed by atoms with E-state index in [1.807, 2.05) is 31.3 Å². The van der Waals surface area contributed by atoms with E-state index in [1.54, 1.807) is 32.7 Å². The zero-order chi connectivity index (χ0) is 23.3. The third-order valence-electron chi connectivity index (χ3n) is 4.33. The highest BCUT2D eigenvalue weighted by Crippen LogP contribution is 2.24. The first-order valence-corrected chi connectivity index (χ1v) is 11.4. The second-order valence-electron chi connectivity index (χ2n) is 6.89. The minimum Gasteiger partial charge on any atom is -0.497 e. The Balaban J connectivity index is 1.52. The van der Waals surface area contributed by atoms with Gasteiger partial charge in [-0.3, -0.25) is 9.59 Å². The number of carbonyl (C=O) groups excluding carboxylic acids is 2. The minimum atomic E-state index is -0.244. The SMILES string of the molecule is COc1ccc(OCc2nnc(SCC(=O)Nc3nc(C)c(C(=O)N(C)C)s3)n2C)cc1. The molecular weight excluding hydrogens is 452 g/mol. The molecule has 32 heavy (non-hydrogen) atoms. The Hall–Kier alpha value is -3.12. The van der Waals surface area contributed by atoms with Gasteiger partial charge in [-0.25, -0.2) is 4.98 Å². The zero-order valence-corrected chi connectivity index (χ0v) is 20.0. The van der Waals surface area contributed by atoms with E-state index < -0.39 is 0 Å². The average Bonchev–Trinajstić information content (AvgIpc) is 3.32. The van der Waals surface area contributed by atoms with E-state index in [4.69, 9.17) is 9.47 Å². The monoisotopic (exact) mass is 476 g/mol. The van der Waals surface area contributed by atoms with Crippen LogP contribution in [0, 0.1) is 6.92 Å². The molecule has 3 rings (SSSR count). The van der Waals surface area contributed by atoms with E-state index in [2.05, 4.69) is 20.5 Å². The topological polar surface area (TPSA) is 111 Å². The molecule has 3 aromatic rings. The lowest BCUT2D eigenvalue weighted by atomic mass is 10.3. The predicted octanol–water partition coefficient (Wildman–Crippen LogP) is 2.60. The summed E-state index contributed by atoms with van der Waals surface area (Å²) in [4.78, 5) is 30.7. The molecule has 2 aromatic heterocycles. The number of carbonyl (C=O) groups is 2. The lowest BCUT2D eigenvalue weighted by molar-refractivity contribution is -0.113. The van der Waals surface area contributed by atoms with Gasteiger partial charge in [0, 0.05) is 21.1 Å². The Bertz CT molecular complexity index is 1090. The van der Waals surface area contributed by atoms with Crippen LogP contribution in [0.15, 0.2) is 29.4 Å². The van der Waals surface area contributed by atoms with Gasteiger partial charge in [0.25, 0.3) is 5.91 Å². The molecule has 12 heteroatoms. The standard InChI is InChI=1S/C20H24N6O4S2/c1-12-17(18(28)25(2)3)32-19(21-12)22-16(27)11-31-20-24-23-15(26(20)4)10-30-14-8-6-13(29-5)7-9-14/h6-9H,10-11H2,1-5H3,(H,21,22,27). The summed E-state index contributed by atoms with van der Waals surface area (Å²) in [7, 11) is 6.77. The molecular formula is C20H24N6O4S2. The lowest BCUT2D eigenvalue weighted by Crippen LogP contribution is -2.21. The van der Waals surface area contributed by atoms with E-state index >= 15 is 0 Å². The molecule has 0 saturated carbocycles. The van der Waals surface area contributed by atoms with Crippen LogP contribution in [-0.2, 0) is 18.4 Å². The molecule has 0 bridgehead atoms. The van der Waals surface area contributed by atoms with Gasteiger partial charge in [-0.1, -0.05) is 23.1 Å². The number of anilines is 1. The summed E-state index contributed by atoms with van der Waals surface area (Å²) in [6, 6.07) is 7.25. The molecule has 2 amide bonds. The summed E-state index contributed by atoms with van der Waals surface area (Å²) in [5.41, 5.74) is 0.589. The highest BCUT2D eigenvalue weighted by atomic mass is 32.2. The molecule has 0 spiro atoms. The van der Waals surface area contributed by atoms with Crippen molar-refractivity contribution in [3.05, 3.63) is 40.7 Å². The van der Waals surface area contributed by atoms with Gasteiger partial charge in [0.1, 0.15) is 23.0 Å². The summed E-state index contributed by atoms with van der Waals surface area (Å²) in [5, 5.41) is 12.0. The molecule has 170 valence electrons. The van der Waals surface area contributed by atoms with Gasteiger partial charge in [-0.05, 0) is 31.2 Å². The van der Waals surface area contributed by atoms with Crippen molar-refractivity contribution in [3.63, 3.8) is 0 Å². The number of aromatic nitrogens is 4. The maximum Gasteiger partial charge on any atom is 0.265 e. The largest absolute Gasteiger partial charge is 0.497 e. The Labute approximate surface area is 193 Å². The van der Waals surface area contributed by atoms with Gasteiger partial charge >= 0.3 is 0 Å². The second kappa shape index (κ2) is 10.5. The number of thioether (sulfide) groups is 1. The maximum absolute atomic E-state index is 12.3. The van der Waals surface area contributed by atoms with Gasteiger partial charge in [0.2, 0.25) is 5.91 Å². The van der Waals surface area contributed by atoms with Crippen molar-refractivity contribution in [2.75, 3.05) is 32.3 Å². The number of nitrogens with one attached hydrogen (secondary N) is 1. The van der Waals surface area contributed by atoms with Crippen LogP contribution in [0.2, 0.25) is 0 Å². The van der Waals surface area contributed by atoms with Crippen LogP contribution in [-0.4, -0.2) is 63.4 Å². The van der Waals surface area contributed by atoms with Crippen LogP contribution in [0.1, 0.15) is 21.2 Å². The smallest absolute Gasteiger partial charge is 0.265 e. The number of ether oxygens (including phenoxy) is 2.